The fourth-order valence-electron chi connectivity index (χ4n) is 5.48. The monoisotopic (exact) mass is 586 g/mol. The lowest BCUT2D eigenvalue weighted by molar-refractivity contribution is -0.142. The molecule has 1 rings (SSSR count). The number of benzene rings is 1. The lowest BCUT2D eigenvalue weighted by Crippen LogP contribution is -2.08. The van der Waals surface area contributed by atoms with E-state index in [1.807, 2.05) is 18.2 Å². The van der Waals surface area contributed by atoms with Gasteiger partial charge >= 0.3 is 5.97 Å². The van der Waals surface area contributed by atoms with Crippen LogP contribution >= 0.6 is 0 Å². The number of rotatable bonds is 30. The van der Waals surface area contributed by atoms with Gasteiger partial charge in [-0.25, -0.2) is 0 Å². The first-order chi connectivity index (χ1) is 20.7. The van der Waals surface area contributed by atoms with Crippen molar-refractivity contribution in [2.45, 2.75) is 162 Å². The number of carbonyl (C=O) groups excluding carboxylic acids is 1. The Morgan fingerprint density at radius 2 is 1.26 bits per heavy atom. The van der Waals surface area contributed by atoms with Crippen molar-refractivity contribution in [1.82, 2.24) is 0 Å². The van der Waals surface area contributed by atoms with Gasteiger partial charge in [0.2, 0.25) is 0 Å². The van der Waals surface area contributed by atoms with Crippen molar-refractivity contribution in [2.75, 3.05) is 20.3 Å². The molecular formula is C38H66O4. The molecule has 4 nitrogen and oxygen atoms in total. The fourth-order valence-corrected chi connectivity index (χ4v) is 5.48. The number of unbranched alkanes of at least 4 members (excludes halogenated alkanes) is 15. The smallest absolute Gasteiger partial charge is 0.306 e. The van der Waals surface area contributed by atoms with Crippen LogP contribution in [-0.2, 0) is 20.9 Å². The minimum absolute atomic E-state index is 0.0572. The number of hydrogen-bond donors (Lipinski definition) is 0. The van der Waals surface area contributed by atoms with Gasteiger partial charge in [-0.05, 0) is 49.3 Å². The Hall–Kier alpha value is -1.81. The van der Waals surface area contributed by atoms with E-state index in [0.29, 0.717) is 25.6 Å². The summed E-state index contributed by atoms with van der Waals surface area (Å²) in [5, 5.41) is 0. The first-order valence-corrected chi connectivity index (χ1v) is 17.7. The summed E-state index contributed by atoms with van der Waals surface area (Å²) < 4.78 is 16.7. The Bertz CT molecular complexity index is 742. The molecule has 42 heavy (non-hydrogen) atoms. The van der Waals surface area contributed by atoms with Gasteiger partial charge in [0.05, 0.1) is 13.7 Å². The average molecular weight is 587 g/mol. The zero-order valence-corrected chi connectivity index (χ0v) is 27.9. The van der Waals surface area contributed by atoms with E-state index < -0.39 is 0 Å². The van der Waals surface area contributed by atoms with Gasteiger partial charge in [0, 0.05) is 13.0 Å². The van der Waals surface area contributed by atoms with E-state index in [9.17, 15) is 4.79 Å². The summed E-state index contributed by atoms with van der Waals surface area (Å²) >= 11 is 0. The Morgan fingerprint density at radius 3 is 1.88 bits per heavy atom. The Labute approximate surface area is 260 Å². The third-order valence-electron chi connectivity index (χ3n) is 8.29. The minimum atomic E-state index is -0.0572. The zero-order chi connectivity index (χ0) is 30.4. The molecule has 0 aliphatic heterocycles. The predicted octanol–water partition coefficient (Wildman–Crippen LogP) is 11.5. The zero-order valence-electron chi connectivity index (χ0n) is 27.9. The summed E-state index contributed by atoms with van der Waals surface area (Å²) in [7, 11) is 1.69. The first-order valence-electron chi connectivity index (χ1n) is 17.7. The van der Waals surface area contributed by atoms with E-state index in [2.05, 4.69) is 32.1 Å². The first kappa shape index (κ1) is 38.2. The lowest BCUT2D eigenvalue weighted by Gasteiger charge is -2.17. The highest BCUT2D eigenvalue weighted by molar-refractivity contribution is 5.69. The topological polar surface area (TPSA) is 44.8 Å². The highest BCUT2D eigenvalue weighted by atomic mass is 16.5. The van der Waals surface area contributed by atoms with Crippen molar-refractivity contribution in [3.8, 4) is 5.75 Å². The molecule has 1 aromatic rings. The molecule has 0 aliphatic carbocycles. The van der Waals surface area contributed by atoms with Crippen LogP contribution in [0, 0.1) is 5.92 Å². The largest absolute Gasteiger partial charge is 0.497 e. The normalized spacial score (nSPS) is 12.2. The molecule has 4 heteroatoms. The number of esters is 1. The quantitative estimate of drug-likeness (QED) is 0.0511. The van der Waals surface area contributed by atoms with Crippen molar-refractivity contribution < 1.29 is 19.0 Å². The molecule has 0 aliphatic rings. The van der Waals surface area contributed by atoms with Gasteiger partial charge in [-0.3, -0.25) is 4.79 Å². The van der Waals surface area contributed by atoms with Crippen LogP contribution in [0.2, 0.25) is 0 Å². The molecule has 0 aromatic heterocycles. The summed E-state index contributed by atoms with van der Waals surface area (Å²) in [5.74, 6) is 1.49. The van der Waals surface area contributed by atoms with Crippen LogP contribution in [-0.4, -0.2) is 26.3 Å². The van der Waals surface area contributed by atoms with Gasteiger partial charge in [0.15, 0.2) is 0 Å². The van der Waals surface area contributed by atoms with E-state index in [-0.39, 0.29) is 5.97 Å². The molecule has 0 amide bonds. The van der Waals surface area contributed by atoms with Gasteiger partial charge < -0.3 is 14.2 Å². The molecule has 1 atom stereocenters. The Kier molecular flexibility index (Phi) is 26.6. The maximum Gasteiger partial charge on any atom is 0.306 e. The standard InChI is InChI=1S/C38H66O4/c1-4-6-8-10-12-13-14-15-17-19-23-32-42-38(39)26-22-21-25-35(24-20-18-16-11-9-7-5-2)31-33-41-34-36-27-29-37(40-3)30-28-36/h19,23,27-30,35H,4-18,20-22,24-26,31-34H2,1-3H3/b23-19-. The SMILES string of the molecule is CCCCCCCCCC/C=C\COC(=O)CCCCC(CCCCCCCCC)CCOCc1ccc(OC)cc1. The number of allylic oxidation sites excluding steroid dienone is 1. The highest BCUT2D eigenvalue weighted by Crippen LogP contribution is 2.22. The molecule has 0 bridgehead atoms. The highest BCUT2D eigenvalue weighted by Gasteiger charge is 2.10. The second-order valence-electron chi connectivity index (χ2n) is 12.1. The van der Waals surface area contributed by atoms with Crippen molar-refractivity contribution in [2.24, 2.45) is 5.92 Å². The van der Waals surface area contributed by atoms with Crippen molar-refractivity contribution in [1.29, 1.82) is 0 Å². The predicted molar refractivity (Wildman–Crippen MR) is 179 cm³/mol. The van der Waals surface area contributed by atoms with E-state index >= 15 is 0 Å². The molecular weight excluding hydrogens is 520 g/mol. The van der Waals surface area contributed by atoms with Gasteiger partial charge in [-0.15, -0.1) is 0 Å². The van der Waals surface area contributed by atoms with Gasteiger partial charge in [0.25, 0.3) is 0 Å². The van der Waals surface area contributed by atoms with Crippen LogP contribution in [0.4, 0.5) is 0 Å². The maximum absolute atomic E-state index is 12.2. The minimum Gasteiger partial charge on any atom is -0.497 e. The molecule has 0 fully saturated rings. The molecule has 0 saturated carbocycles. The number of methoxy groups -OCH3 is 1. The second kappa shape index (κ2) is 29.3. The number of ether oxygens (including phenoxy) is 3. The van der Waals surface area contributed by atoms with E-state index in [4.69, 9.17) is 14.2 Å². The fraction of sp³-hybridized carbons (Fsp3) is 0.763. The van der Waals surface area contributed by atoms with Crippen LogP contribution in [0.5, 0.6) is 5.75 Å². The van der Waals surface area contributed by atoms with Gasteiger partial charge in [0.1, 0.15) is 12.4 Å². The van der Waals surface area contributed by atoms with Crippen molar-refractivity contribution >= 4 is 5.97 Å². The van der Waals surface area contributed by atoms with E-state index in [0.717, 1.165) is 38.0 Å². The van der Waals surface area contributed by atoms with Crippen molar-refractivity contribution in [3.63, 3.8) is 0 Å². The lowest BCUT2D eigenvalue weighted by atomic mass is 9.92. The van der Waals surface area contributed by atoms with Crippen LogP contribution in [0.3, 0.4) is 0 Å². The molecule has 0 N–H and O–H groups in total. The molecule has 0 heterocycles. The van der Waals surface area contributed by atoms with E-state index in [1.54, 1.807) is 7.11 Å². The molecule has 1 unspecified atom stereocenters. The van der Waals surface area contributed by atoms with Gasteiger partial charge in [-0.1, -0.05) is 147 Å². The number of hydrogen-bond acceptors (Lipinski definition) is 4. The molecule has 0 saturated heterocycles. The molecule has 242 valence electrons. The van der Waals surface area contributed by atoms with Crippen LogP contribution in [0.1, 0.15) is 161 Å². The van der Waals surface area contributed by atoms with Crippen molar-refractivity contribution in [3.05, 3.63) is 42.0 Å². The molecule has 0 spiro atoms. The summed E-state index contributed by atoms with van der Waals surface area (Å²) in [4.78, 5) is 12.2. The van der Waals surface area contributed by atoms with E-state index in [1.165, 1.54) is 115 Å². The van der Waals surface area contributed by atoms with Crippen LogP contribution in [0.25, 0.3) is 0 Å². The summed E-state index contributed by atoms with van der Waals surface area (Å²) in [6.45, 7) is 6.40. The Balaban J connectivity index is 2.18. The molecule has 0 radical (unpaired) electrons. The van der Waals surface area contributed by atoms with Crippen LogP contribution in [0.15, 0.2) is 36.4 Å². The summed E-state index contributed by atoms with van der Waals surface area (Å²) in [6, 6.07) is 8.12. The third kappa shape index (κ3) is 23.7. The third-order valence-corrected chi connectivity index (χ3v) is 8.29. The average Bonchev–Trinajstić information content (AvgIpc) is 3.01. The molecule has 1 aromatic carbocycles. The van der Waals surface area contributed by atoms with Crippen LogP contribution < -0.4 is 4.74 Å². The maximum atomic E-state index is 12.2. The number of carbonyl (C=O) groups is 1. The Morgan fingerprint density at radius 1 is 0.690 bits per heavy atom. The van der Waals surface area contributed by atoms with Gasteiger partial charge in [-0.2, -0.15) is 0 Å². The summed E-state index contributed by atoms with van der Waals surface area (Å²) in [6.07, 6.45) is 31.6. The second-order valence-corrected chi connectivity index (χ2v) is 12.1. The summed E-state index contributed by atoms with van der Waals surface area (Å²) in [5.41, 5.74) is 1.18.